The average molecular weight is 472 g/mol. The van der Waals surface area contributed by atoms with E-state index in [4.69, 9.17) is 14.3 Å². The summed E-state index contributed by atoms with van der Waals surface area (Å²) in [7, 11) is 3.12. The maximum atomic E-state index is 11.7. The predicted molar refractivity (Wildman–Crippen MR) is 114 cm³/mol. The molecule has 1 N–H and O–H groups in total. The lowest BCUT2D eigenvalue weighted by Crippen LogP contribution is -2.32. The summed E-state index contributed by atoms with van der Waals surface area (Å²) in [5.41, 5.74) is 0. The predicted octanol–water partition coefficient (Wildman–Crippen LogP) is 1.36. The first-order valence-corrected chi connectivity index (χ1v) is 12.1. The molecule has 0 aromatic carbocycles. The Labute approximate surface area is 188 Å². The minimum atomic E-state index is -0.705. The molecular formula is C19H25N3O7S2. The van der Waals surface area contributed by atoms with Gasteiger partial charge in [0.25, 0.3) is 11.8 Å². The van der Waals surface area contributed by atoms with Gasteiger partial charge in [0.2, 0.25) is 5.91 Å². The number of carbonyl (C=O) groups is 4. The molecule has 1 aromatic rings. The second kappa shape index (κ2) is 14.8. The fourth-order valence-corrected chi connectivity index (χ4v) is 4.14. The van der Waals surface area contributed by atoms with Crippen molar-refractivity contribution < 1.29 is 33.5 Å². The number of hydrogen-bond acceptors (Lipinski definition) is 10. The van der Waals surface area contributed by atoms with Crippen molar-refractivity contribution in [2.45, 2.75) is 30.7 Å². The summed E-state index contributed by atoms with van der Waals surface area (Å²) in [6, 6.07) is 5.70. The van der Waals surface area contributed by atoms with E-state index in [0.29, 0.717) is 37.0 Å². The number of hydroxylamine groups is 2. The van der Waals surface area contributed by atoms with Crippen LogP contribution >= 0.6 is 21.6 Å². The van der Waals surface area contributed by atoms with Crippen LogP contribution in [0.1, 0.15) is 25.7 Å². The van der Waals surface area contributed by atoms with Crippen molar-refractivity contribution in [2.75, 3.05) is 38.7 Å². The van der Waals surface area contributed by atoms with Gasteiger partial charge in [-0.3, -0.25) is 14.4 Å². The Morgan fingerprint density at radius 1 is 1.03 bits per heavy atom. The monoisotopic (exact) mass is 471 g/mol. The number of amides is 3. The lowest BCUT2D eigenvalue weighted by atomic mass is 10.4. The third-order valence-electron chi connectivity index (χ3n) is 3.78. The van der Waals surface area contributed by atoms with Gasteiger partial charge in [-0.1, -0.05) is 16.9 Å². The normalized spacial score (nSPS) is 13.5. The van der Waals surface area contributed by atoms with E-state index in [-0.39, 0.29) is 38.4 Å². The molecule has 2 heterocycles. The number of nitrogens with zero attached hydrogens (tertiary/aromatic N) is 2. The molecule has 0 bridgehead atoms. The van der Waals surface area contributed by atoms with Crippen molar-refractivity contribution in [3.05, 3.63) is 24.4 Å². The van der Waals surface area contributed by atoms with Crippen LogP contribution < -0.4 is 5.32 Å². The standard InChI is InChI=1S/C19H25N3O7S2/c23-15(7-14-30-31-16-3-1-2-8-21-16)20-9-11-28-13-12-27-10-6-19(26)29-22-17(24)4-5-18(22)25/h1-3,8H,4-7,9-14H2,(H,20,23). The minimum absolute atomic E-state index is 0.0394. The smallest absolute Gasteiger partial charge is 0.335 e. The fraction of sp³-hybridized carbons (Fsp3) is 0.526. The molecule has 0 aliphatic carbocycles. The van der Waals surface area contributed by atoms with Crippen LogP contribution in [-0.2, 0) is 33.5 Å². The van der Waals surface area contributed by atoms with Crippen LogP contribution in [0.5, 0.6) is 0 Å². The van der Waals surface area contributed by atoms with Crippen molar-refractivity contribution >= 4 is 45.3 Å². The summed E-state index contributed by atoms with van der Waals surface area (Å²) < 4.78 is 10.6. The molecule has 1 fully saturated rings. The quantitative estimate of drug-likeness (QED) is 0.228. The van der Waals surface area contributed by atoms with Crippen LogP contribution in [0.25, 0.3) is 0 Å². The molecule has 0 saturated carbocycles. The Hall–Kier alpha value is -2.15. The molecule has 12 heteroatoms. The zero-order valence-electron chi connectivity index (χ0n) is 16.9. The van der Waals surface area contributed by atoms with Crippen LogP contribution in [0, 0.1) is 0 Å². The molecule has 10 nitrogen and oxygen atoms in total. The van der Waals surface area contributed by atoms with Gasteiger partial charge in [0.15, 0.2) is 0 Å². The van der Waals surface area contributed by atoms with E-state index in [1.165, 1.54) is 10.8 Å². The number of ether oxygens (including phenoxy) is 2. The third-order valence-corrected chi connectivity index (χ3v) is 6.05. The second-order valence-electron chi connectivity index (χ2n) is 6.19. The highest BCUT2D eigenvalue weighted by Crippen LogP contribution is 2.29. The van der Waals surface area contributed by atoms with Gasteiger partial charge in [0.1, 0.15) is 5.03 Å². The second-order valence-corrected chi connectivity index (χ2v) is 8.63. The highest BCUT2D eigenvalue weighted by molar-refractivity contribution is 8.76. The first-order chi connectivity index (χ1) is 15.1. The van der Waals surface area contributed by atoms with E-state index in [9.17, 15) is 19.2 Å². The number of carbonyl (C=O) groups excluding carboxylic acids is 4. The van der Waals surface area contributed by atoms with Gasteiger partial charge in [0.05, 0.1) is 32.8 Å². The molecule has 0 spiro atoms. The zero-order valence-corrected chi connectivity index (χ0v) is 18.6. The van der Waals surface area contributed by atoms with Crippen LogP contribution in [0.15, 0.2) is 29.4 Å². The van der Waals surface area contributed by atoms with Crippen molar-refractivity contribution in [2.24, 2.45) is 0 Å². The molecule has 0 unspecified atom stereocenters. The number of pyridine rings is 1. The summed E-state index contributed by atoms with van der Waals surface area (Å²) in [5.74, 6) is -1.08. The summed E-state index contributed by atoms with van der Waals surface area (Å²) in [5, 5.41) is 4.20. The van der Waals surface area contributed by atoms with Crippen LogP contribution in [0.2, 0.25) is 0 Å². The van der Waals surface area contributed by atoms with E-state index in [0.717, 1.165) is 5.03 Å². The molecule has 2 rings (SSSR count). The summed E-state index contributed by atoms with van der Waals surface area (Å²) in [4.78, 5) is 54.9. The molecule has 0 atom stereocenters. The highest BCUT2D eigenvalue weighted by atomic mass is 33.1. The number of aromatic nitrogens is 1. The Bertz CT molecular complexity index is 720. The van der Waals surface area contributed by atoms with E-state index in [1.54, 1.807) is 17.0 Å². The Morgan fingerprint density at radius 3 is 2.48 bits per heavy atom. The maximum absolute atomic E-state index is 11.7. The first kappa shape index (κ1) is 25.1. The van der Waals surface area contributed by atoms with Gasteiger partial charge in [-0.05, 0) is 22.9 Å². The van der Waals surface area contributed by atoms with E-state index >= 15 is 0 Å². The topological polar surface area (TPSA) is 124 Å². The molecule has 1 saturated heterocycles. The molecule has 1 aliphatic heterocycles. The molecule has 170 valence electrons. The lowest BCUT2D eigenvalue weighted by Gasteiger charge is -2.12. The average Bonchev–Trinajstić information content (AvgIpc) is 3.08. The third kappa shape index (κ3) is 10.6. The van der Waals surface area contributed by atoms with Crippen LogP contribution in [-0.4, -0.2) is 72.5 Å². The number of nitrogens with one attached hydrogen (secondary N) is 1. The van der Waals surface area contributed by atoms with Crippen molar-refractivity contribution in [1.29, 1.82) is 0 Å². The van der Waals surface area contributed by atoms with Crippen LogP contribution in [0.3, 0.4) is 0 Å². The molecule has 3 amide bonds. The fourth-order valence-electron chi connectivity index (χ4n) is 2.27. The van der Waals surface area contributed by atoms with Gasteiger partial charge in [-0.15, -0.1) is 5.06 Å². The number of rotatable bonds is 15. The maximum Gasteiger partial charge on any atom is 0.335 e. The van der Waals surface area contributed by atoms with Gasteiger partial charge in [-0.2, -0.15) is 0 Å². The Kier molecular flexibility index (Phi) is 12.0. The molecule has 1 aromatic heterocycles. The largest absolute Gasteiger partial charge is 0.378 e. The summed E-state index contributed by atoms with van der Waals surface area (Å²) in [6.45, 7) is 1.42. The van der Waals surface area contributed by atoms with E-state index in [2.05, 4.69) is 10.3 Å². The number of imide groups is 1. The lowest BCUT2D eigenvalue weighted by molar-refractivity contribution is -0.198. The highest BCUT2D eigenvalue weighted by Gasteiger charge is 2.32. The van der Waals surface area contributed by atoms with Gasteiger partial charge in [-0.25, -0.2) is 9.78 Å². The zero-order chi connectivity index (χ0) is 22.3. The van der Waals surface area contributed by atoms with Gasteiger partial charge in [0, 0.05) is 37.8 Å². The SMILES string of the molecule is O=C(CCSSc1ccccn1)NCCOCCOCCC(=O)ON1C(=O)CCC1=O. The van der Waals surface area contributed by atoms with E-state index in [1.807, 2.05) is 18.2 Å². The molecular weight excluding hydrogens is 446 g/mol. The van der Waals surface area contributed by atoms with Gasteiger partial charge >= 0.3 is 5.97 Å². The van der Waals surface area contributed by atoms with Crippen molar-refractivity contribution in [3.63, 3.8) is 0 Å². The van der Waals surface area contributed by atoms with Crippen molar-refractivity contribution in [3.8, 4) is 0 Å². The summed E-state index contributed by atoms with van der Waals surface area (Å²) >= 11 is 0. The van der Waals surface area contributed by atoms with Crippen LogP contribution in [0.4, 0.5) is 0 Å². The minimum Gasteiger partial charge on any atom is -0.378 e. The van der Waals surface area contributed by atoms with Crippen molar-refractivity contribution in [1.82, 2.24) is 15.4 Å². The Morgan fingerprint density at radius 2 is 1.77 bits per heavy atom. The van der Waals surface area contributed by atoms with Gasteiger partial charge < -0.3 is 19.6 Å². The first-order valence-electron chi connectivity index (χ1n) is 9.75. The molecule has 31 heavy (non-hydrogen) atoms. The Balaban J connectivity index is 1.36. The van der Waals surface area contributed by atoms with E-state index < -0.39 is 17.8 Å². The number of hydrogen-bond donors (Lipinski definition) is 1. The molecule has 0 radical (unpaired) electrons. The molecule has 1 aliphatic rings. The summed E-state index contributed by atoms with van der Waals surface area (Å²) in [6.07, 6.45) is 2.19.